The van der Waals surface area contributed by atoms with E-state index in [1.807, 2.05) is 51.1 Å². The van der Waals surface area contributed by atoms with Gasteiger partial charge in [0, 0.05) is 43.1 Å². The van der Waals surface area contributed by atoms with Crippen molar-refractivity contribution in [3.63, 3.8) is 0 Å². The molecule has 36 heavy (non-hydrogen) atoms. The number of piperidine rings is 1. The number of aromatic nitrogens is 1. The summed E-state index contributed by atoms with van der Waals surface area (Å²) in [5.74, 6) is -0.00910. The molecule has 0 radical (unpaired) electrons. The molecule has 0 aliphatic carbocycles. The molecule has 1 fully saturated rings. The SMILES string of the molecule is CC(C)c1ccc(CNC(=O)C2c3ccccc3C(=O)N2C2CCN(C(=O)OC(C)(C)C)CC2)cn1. The van der Waals surface area contributed by atoms with Gasteiger partial charge in [0.25, 0.3) is 5.91 Å². The van der Waals surface area contributed by atoms with Gasteiger partial charge < -0.3 is 19.9 Å². The zero-order chi connectivity index (χ0) is 26.0. The number of hydrogen-bond donors (Lipinski definition) is 1. The molecule has 0 saturated carbocycles. The molecule has 1 N–H and O–H groups in total. The summed E-state index contributed by atoms with van der Waals surface area (Å²) in [5.41, 5.74) is 2.64. The highest BCUT2D eigenvalue weighted by Gasteiger charge is 2.45. The number of hydrogen-bond acceptors (Lipinski definition) is 5. The summed E-state index contributed by atoms with van der Waals surface area (Å²) in [6, 6.07) is 10.4. The van der Waals surface area contributed by atoms with Crippen LogP contribution in [0.1, 0.15) is 86.6 Å². The first-order valence-electron chi connectivity index (χ1n) is 12.7. The van der Waals surface area contributed by atoms with Crippen LogP contribution >= 0.6 is 0 Å². The van der Waals surface area contributed by atoms with E-state index in [2.05, 4.69) is 24.1 Å². The van der Waals surface area contributed by atoms with Crippen molar-refractivity contribution >= 4 is 17.9 Å². The molecular formula is C28H36N4O4. The number of rotatable bonds is 5. The van der Waals surface area contributed by atoms with E-state index in [9.17, 15) is 14.4 Å². The molecule has 3 heterocycles. The summed E-state index contributed by atoms with van der Waals surface area (Å²) in [6.07, 6.45) is 2.61. The molecule has 8 heteroatoms. The van der Waals surface area contributed by atoms with Crippen LogP contribution in [0.4, 0.5) is 4.79 Å². The highest BCUT2D eigenvalue weighted by molar-refractivity contribution is 6.04. The first kappa shape index (κ1) is 25.7. The van der Waals surface area contributed by atoms with Gasteiger partial charge in [0.2, 0.25) is 5.91 Å². The van der Waals surface area contributed by atoms with Crippen LogP contribution in [0.25, 0.3) is 0 Å². The molecule has 1 atom stereocenters. The minimum atomic E-state index is -0.699. The molecule has 192 valence electrons. The Labute approximate surface area is 213 Å². The van der Waals surface area contributed by atoms with Gasteiger partial charge in [-0.25, -0.2) is 4.79 Å². The van der Waals surface area contributed by atoms with Gasteiger partial charge in [-0.2, -0.15) is 0 Å². The predicted octanol–water partition coefficient (Wildman–Crippen LogP) is 4.42. The average molecular weight is 493 g/mol. The maximum absolute atomic E-state index is 13.5. The second-order valence-corrected chi connectivity index (χ2v) is 10.9. The van der Waals surface area contributed by atoms with Crippen LogP contribution in [0.5, 0.6) is 0 Å². The number of pyridine rings is 1. The second-order valence-electron chi connectivity index (χ2n) is 10.9. The topological polar surface area (TPSA) is 91.8 Å². The van der Waals surface area contributed by atoms with Crippen LogP contribution < -0.4 is 5.32 Å². The molecule has 2 aliphatic heterocycles. The maximum Gasteiger partial charge on any atom is 0.410 e. The normalized spacial score (nSPS) is 18.4. The summed E-state index contributed by atoms with van der Waals surface area (Å²) < 4.78 is 5.50. The van der Waals surface area contributed by atoms with Gasteiger partial charge >= 0.3 is 6.09 Å². The maximum atomic E-state index is 13.5. The van der Waals surface area contributed by atoms with Gasteiger partial charge in [0.05, 0.1) is 0 Å². The van der Waals surface area contributed by atoms with Crippen LogP contribution in [-0.4, -0.2) is 57.4 Å². The Bertz CT molecular complexity index is 1120. The Kier molecular flexibility index (Phi) is 7.33. The molecule has 1 aromatic carbocycles. The van der Waals surface area contributed by atoms with E-state index < -0.39 is 11.6 Å². The first-order valence-corrected chi connectivity index (χ1v) is 12.7. The van der Waals surface area contributed by atoms with Gasteiger partial charge in [0.15, 0.2) is 0 Å². The van der Waals surface area contributed by atoms with Crippen molar-refractivity contribution in [2.75, 3.05) is 13.1 Å². The fourth-order valence-corrected chi connectivity index (χ4v) is 4.80. The van der Waals surface area contributed by atoms with E-state index >= 15 is 0 Å². The fourth-order valence-electron chi connectivity index (χ4n) is 4.80. The molecule has 3 amide bonds. The minimum absolute atomic E-state index is 0.135. The lowest BCUT2D eigenvalue weighted by molar-refractivity contribution is -0.126. The molecule has 1 aromatic heterocycles. The van der Waals surface area contributed by atoms with Crippen LogP contribution in [0, 0.1) is 0 Å². The van der Waals surface area contributed by atoms with Crippen molar-refractivity contribution in [1.82, 2.24) is 20.1 Å². The number of amides is 3. The lowest BCUT2D eigenvalue weighted by Crippen LogP contribution is -2.51. The molecule has 4 rings (SSSR count). The van der Waals surface area contributed by atoms with Crippen molar-refractivity contribution in [3.05, 3.63) is 65.0 Å². The van der Waals surface area contributed by atoms with Crippen molar-refractivity contribution in [1.29, 1.82) is 0 Å². The standard InChI is InChI=1S/C28H36N4O4/c1-18(2)23-11-10-19(16-29-23)17-30-25(33)24-21-8-6-7-9-22(21)26(34)32(24)20-12-14-31(15-13-20)27(35)36-28(3,4)5/h6-11,16,18,20,24H,12-15,17H2,1-5H3,(H,30,33). The van der Waals surface area contributed by atoms with Gasteiger partial charge in [-0.15, -0.1) is 0 Å². The van der Waals surface area contributed by atoms with Crippen LogP contribution in [-0.2, 0) is 16.1 Å². The third kappa shape index (κ3) is 5.53. The molecule has 2 aliphatic rings. The van der Waals surface area contributed by atoms with Gasteiger partial charge in [-0.3, -0.25) is 14.6 Å². The number of nitrogens with zero attached hydrogens (tertiary/aromatic N) is 3. The number of ether oxygens (including phenoxy) is 1. The molecule has 0 bridgehead atoms. The third-order valence-electron chi connectivity index (χ3n) is 6.66. The van der Waals surface area contributed by atoms with Crippen LogP contribution in [0.15, 0.2) is 42.6 Å². The second kappa shape index (κ2) is 10.3. The molecular weight excluding hydrogens is 456 g/mol. The first-order chi connectivity index (χ1) is 17.0. The van der Waals surface area contributed by atoms with E-state index in [0.29, 0.717) is 44.0 Å². The van der Waals surface area contributed by atoms with Crippen molar-refractivity contribution in [3.8, 4) is 0 Å². The van der Waals surface area contributed by atoms with Crippen molar-refractivity contribution in [2.24, 2.45) is 0 Å². The minimum Gasteiger partial charge on any atom is -0.444 e. The largest absolute Gasteiger partial charge is 0.444 e. The lowest BCUT2D eigenvalue weighted by atomic mass is 10.00. The summed E-state index contributed by atoms with van der Waals surface area (Å²) in [4.78, 5) is 47.3. The number of nitrogens with one attached hydrogen (secondary N) is 1. The van der Waals surface area contributed by atoms with E-state index in [-0.39, 0.29) is 23.9 Å². The van der Waals surface area contributed by atoms with Crippen LogP contribution in [0.3, 0.4) is 0 Å². The smallest absolute Gasteiger partial charge is 0.410 e. The number of carbonyl (C=O) groups excluding carboxylic acids is 3. The number of carbonyl (C=O) groups is 3. The third-order valence-corrected chi connectivity index (χ3v) is 6.66. The molecule has 8 nitrogen and oxygen atoms in total. The number of likely N-dealkylation sites (tertiary alicyclic amines) is 1. The predicted molar refractivity (Wildman–Crippen MR) is 136 cm³/mol. The van der Waals surface area contributed by atoms with E-state index in [1.54, 1.807) is 22.1 Å². The lowest BCUT2D eigenvalue weighted by Gasteiger charge is -2.39. The number of benzene rings is 1. The summed E-state index contributed by atoms with van der Waals surface area (Å²) in [5, 5.41) is 3.02. The Balaban J connectivity index is 1.47. The molecule has 1 saturated heterocycles. The van der Waals surface area contributed by atoms with E-state index in [4.69, 9.17) is 4.74 Å². The van der Waals surface area contributed by atoms with Gasteiger partial charge in [-0.05, 0) is 62.8 Å². The summed E-state index contributed by atoms with van der Waals surface area (Å²) in [7, 11) is 0. The number of fused-ring (bicyclic) bond motifs is 1. The highest BCUT2D eigenvalue weighted by atomic mass is 16.6. The average Bonchev–Trinajstić information content (AvgIpc) is 3.14. The van der Waals surface area contributed by atoms with Gasteiger partial charge in [0.1, 0.15) is 11.6 Å². The Hall–Kier alpha value is -3.42. The Morgan fingerprint density at radius 1 is 1.11 bits per heavy atom. The zero-order valence-electron chi connectivity index (χ0n) is 21.8. The summed E-state index contributed by atoms with van der Waals surface area (Å²) >= 11 is 0. The quantitative estimate of drug-likeness (QED) is 0.667. The highest BCUT2D eigenvalue weighted by Crippen LogP contribution is 2.38. The molecule has 2 aromatic rings. The van der Waals surface area contributed by atoms with Crippen molar-refractivity contribution < 1.29 is 19.1 Å². The monoisotopic (exact) mass is 492 g/mol. The zero-order valence-corrected chi connectivity index (χ0v) is 21.8. The van der Waals surface area contributed by atoms with Crippen molar-refractivity contribution in [2.45, 2.75) is 77.6 Å². The fraction of sp³-hybridized carbons (Fsp3) is 0.500. The molecule has 0 spiro atoms. The summed E-state index contributed by atoms with van der Waals surface area (Å²) in [6.45, 7) is 11.0. The Morgan fingerprint density at radius 2 is 1.81 bits per heavy atom. The van der Waals surface area contributed by atoms with Crippen LogP contribution in [0.2, 0.25) is 0 Å². The van der Waals surface area contributed by atoms with E-state index in [1.165, 1.54) is 0 Å². The van der Waals surface area contributed by atoms with E-state index in [0.717, 1.165) is 16.8 Å². The van der Waals surface area contributed by atoms with Gasteiger partial charge in [-0.1, -0.05) is 38.1 Å². The molecule has 1 unspecified atom stereocenters. The Morgan fingerprint density at radius 3 is 2.42 bits per heavy atom.